The Hall–Kier alpha value is -2.90. The van der Waals surface area contributed by atoms with Gasteiger partial charge in [-0.1, -0.05) is 36.8 Å². The molecule has 2 aliphatic heterocycles. The summed E-state index contributed by atoms with van der Waals surface area (Å²) in [5.41, 5.74) is 7.73. The van der Waals surface area contributed by atoms with E-state index in [2.05, 4.69) is 4.90 Å². The van der Waals surface area contributed by atoms with E-state index in [4.69, 9.17) is 15.9 Å². The van der Waals surface area contributed by atoms with Gasteiger partial charge in [0.2, 0.25) is 6.10 Å². The van der Waals surface area contributed by atoms with Crippen molar-refractivity contribution in [3.05, 3.63) is 59.7 Å². The highest BCUT2D eigenvalue weighted by Gasteiger charge is 2.35. The lowest BCUT2D eigenvalue weighted by Crippen LogP contribution is -2.41. The summed E-state index contributed by atoms with van der Waals surface area (Å²) >= 11 is 0. The van der Waals surface area contributed by atoms with Crippen LogP contribution >= 0.6 is 0 Å². The number of amidine groups is 1. The number of hydrogen-bond acceptors (Lipinski definition) is 5. The van der Waals surface area contributed by atoms with Crippen LogP contribution in [-0.4, -0.2) is 54.0 Å². The van der Waals surface area contributed by atoms with Gasteiger partial charge < -0.3 is 25.4 Å². The number of nitrogens with zero attached hydrogens (tertiary/aromatic N) is 2. The van der Waals surface area contributed by atoms with Crippen molar-refractivity contribution in [3.63, 3.8) is 0 Å². The van der Waals surface area contributed by atoms with Crippen molar-refractivity contribution >= 4 is 17.4 Å². The molecule has 2 heterocycles. The van der Waals surface area contributed by atoms with Crippen molar-refractivity contribution < 1.29 is 14.6 Å². The Morgan fingerprint density at radius 2 is 1.81 bits per heavy atom. The summed E-state index contributed by atoms with van der Waals surface area (Å²) in [6.07, 6.45) is 3.89. The van der Waals surface area contributed by atoms with Crippen LogP contribution in [0.4, 0.5) is 5.69 Å². The molecule has 7 heteroatoms. The minimum Gasteiger partial charge on any atom is -0.474 e. The van der Waals surface area contributed by atoms with Crippen LogP contribution in [0.5, 0.6) is 5.75 Å². The van der Waals surface area contributed by atoms with Gasteiger partial charge in [0.15, 0.2) is 0 Å². The number of fused-ring (bicyclic) bond motifs is 1. The number of likely N-dealkylation sites (tertiary alicyclic amines) is 1. The molecule has 0 radical (unpaired) electrons. The van der Waals surface area contributed by atoms with Crippen molar-refractivity contribution in [2.45, 2.75) is 44.3 Å². The molecule has 4 N–H and O–H groups in total. The molecule has 0 spiro atoms. The molecular weight excluding hydrogens is 404 g/mol. The number of carbonyl (C=O) groups is 1. The molecule has 4 rings (SSSR count). The molecule has 0 aromatic heterocycles. The van der Waals surface area contributed by atoms with Crippen molar-refractivity contribution in [2.75, 3.05) is 31.1 Å². The molecule has 1 saturated heterocycles. The number of piperidine rings is 1. The summed E-state index contributed by atoms with van der Waals surface area (Å²) in [4.78, 5) is 17.6. The van der Waals surface area contributed by atoms with Crippen LogP contribution < -0.4 is 15.4 Å². The predicted molar refractivity (Wildman–Crippen MR) is 125 cm³/mol. The summed E-state index contributed by atoms with van der Waals surface area (Å²) < 4.78 is 6.08. The number of amides is 1. The number of para-hydroxylation sites is 2. The lowest BCUT2D eigenvalue weighted by Gasteiger charge is -2.35. The van der Waals surface area contributed by atoms with Crippen LogP contribution in [0.25, 0.3) is 0 Å². The number of ether oxygens (including phenoxy) is 1. The fraction of sp³-hybridized carbons (Fsp3) is 0.440. The third-order valence-corrected chi connectivity index (χ3v) is 6.30. The standard InChI is InChI=1S/C25H32N4O3/c26-24(27)19-8-6-7-18(17-19)23-25(31)29(21-9-2-3-10-22(21)32-23)14-5-1-4-13-28-15-11-20(30)12-16-28/h2-3,6-10,17,20,23,30H,1,4-5,11-16H2,(H3,26,27). The fourth-order valence-electron chi connectivity index (χ4n) is 4.45. The third kappa shape index (κ3) is 5.11. The van der Waals surface area contributed by atoms with E-state index in [-0.39, 0.29) is 17.8 Å². The Morgan fingerprint density at radius 3 is 2.59 bits per heavy atom. The molecular formula is C25H32N4O3. The summed E-state index contributed by atoms with van der Waals surface area (Å²) in [5, 5.41) is 17.3. The van der Waals surface area contributed by atoms with E-state index in [9.17, 15) is 9.90 Å². The molecule has 2 aromatic carbocycles. The first-order valence-electron chi connectivity index (χ1n) is 11.4. The lowest BCUT2D eigenvalue weighted by atomic mass is 10.0. The second kappa shape index (κ2) is 10.1. The summed E-state index contributed by atoms with van der Waals surface area (Å²) in [6, 6.07) is 14.8. The van der Waals surface area contributed by atoms with Gasteiger partial charge in [0.25, 0.3) is 5.91 Å². The number of unbranched alkanes of at least 4 members (excludes halogenated alkanes) is 2. The van der Waals surface area contributed by atoms with Gasteiger partial charge in [0.1, 0.15) is 11.6 Å². The maximum Gasteiger partial charge on any atom is 0.272 e. The Kier molecular flexibility index (Phi) is 7.07. The Balaban J connectivity index is 1.40. The number of nitrogens with one attached hydrogen (secondary N) is 1. The van der Waals surface area contributed by atoms with Gasteiger partial charge in [-0.3, -0.25) is 10.2 Å². The van der Waals surface area contributed by atoms with Gasteiger partial charge in [-0.25, -0.2) is 0 Å². The number of anilines is 1. The minimum absolute atomic E-state index is 0.0319. The average molecular weight is 437 g/mol. The number of nitrogen functional groups attached to an aromatic ring is 1. The molecule has 2 aromatic rings. The first-order valence-corrected chi connectivity index (χ1v) is 11.4. The zero-order chi connectivity index (χ0) is 22.5. The fourth-order valence-corrected chi connectivity index (χ4v) is 4.45. The molecule has 170 valence electrons. The van der Waals surface area contributed by atoms with Gasteiger partial charge in [-0.05, 0) is 50.4 Å². The maximum absolute atomic E-state index is 13.4. The molecule has 32 heavy (non-hydrogen) atoms. The molecule has 0 saturated carbocycles. The number of aliphatic hydroxyl groups excluding tert-OH is 1. The number of carbonyl (C=O) groups excluding carboxylic acids is 1. The number of rotatable bonds is 8. The monoisotopic (exact) mass is 436 g/mol. The highest BCUT2D eigenvalue weighted by Crippen LogP contribution is 2.39. The van der Waals surface area contributed by atoms with Gasteiger partial charge in [0.05, 0.1) is 11.8 Å². The predicted octanol–water partition coefficient (Wildman–Crippen LogP) is 3.06. The Morgan fingerprint density at radius 1 is 1.06 bits per heavy atom. The van der Waals surface area contributed by atoms with E-state index in [0.717, 1.165) is 57.4 Å². The van der Waals surface area contributed by atoms with Crippen LogP contribution in [0.2, 0.25) is 0 Å². The molecule has 0 aliphatic carbocycles. The highest BCUT2D eigenvalue weighted by molar-refractivity contribution is 6.01. The molecule has 7 nitrogen and oxygen atoms in total. The minimum atomic E-state index is -0.746. The van der Waals surface area contributed by atoms with Gasteiger partial charge in [0, 0.05) is 30.8 Å². The molecule has 2 aliphatic rings. The van der Waals surface area contributed by atoms with E-state index in [0.29, 0.717) is 23.4 Å². The average Bonchev–Trinajstić information content (AvgIpc) is 2.81. The zero-order valence-corrected chi connectivity index (χ0v) is 18.4. The largest absolute Gasteiger partial charge is 0.474 e. The quantitative estimate of drug-likeness (QED) is 0.335. The topological polar surface area (TPSA) is 103 Å². The lowest BCUT2D eigenvalue weighted by molar-refractivity contribution is -0.126. The van der Waals surface area contributed by atoms with Crippen LogP contribution in [0.1, 0.15) is 49.3 Å². The summed E-state index contributed by atoms with van der Waals surface area (Å²) in [6.45, 7) is 3.62. The molecule has 1 amide bonds. The van der Waals surface area contributed by atoms with Gasteiger partial charge >= 0.3 is 0 Å². The second-order valence-electron chi connectivity index (χ2n) is 8.63. The van der Waals surface area contributed by atoms with Crippen molar-refractivity contribution in [3.8, 4) is 5.75 Å². The van der Waals surface area contributed by atoms with E-state index < -0.39 is 6.10 Å². The van der Waals surface area contributed by atoms with Gasteiger partial charge in [-0.2, -0.15) is 0 Å². The smallest absolute Gasteiger partial charge is 0.272 e. The van der Waals surface area contributed by atoms with Crippen molar-refractivity contribution in [2.24, 2.45) is 5.73 Å². The van der Waals surface area contributed by atoms with E-state index in [1.54, 1.807) is 18.2 Å². The van der Waals surface area contributed by atoms with Crippen molar-refractivity contribution in [1.82, 2.24) is 4.90 Å². The molecule has 1 atom stereocenters. The highest BCUT2D eigenvalue weighted by atomic mass is 16.5. The van der Waals surface area contributed by atoms with E-state index in [1.807, 2.05) is 35.2 Å². The van der Waals surface area contributed by atoms with Gasteiger partial charge in [-0.15, -0.1) is 0 Å². The molecule has 1 fully saturated rings. The SMILES string of the molecule is N=C(N)c1cccc(C2Oc3ccccc3N(CCCCCN3CCC(O)CC3)C2=O)c1. The first kappa shape index (κ1) is 22.3. The summed E-state index contributed by atoms with van der Waals surface area (Å²) in [5.74, 6) is 0.571. The van der Waals surface area contributed by atoms with E-state index in [1.165, 1.54) is 0 Å². The van der Waals surface area contributed by atoms with E-state index >= 15 is 0 Å². The molecule has 0 bridgehead atoms. The van der Waals surface area contributed by atoms with Crippen LogP contribution in [-0.2, 0) is 4.79 Å². The zero-order valence-electron chi connectivity index (χ0n) is 18.4. The maximum atomic E-state index is 13.4. The van der Waals surface area contributed by atoms with Crippen LogP contribution in [0.15, 0.2) is 48.5 Å². The normalized spacial score (nSPS) is 19.5. The van der Waals surface area contributed by atoms with Crippen molar-refractivity contribution in [1.29, 1.82) is 5.41 Å². The molecule has 1 unspecified atom stereocenters. The summed E-state index contributed by atoms with van der Waals surface area (Å²) in [7, 11) is 0. The number of hydrogen-bond donors (Lipinski definition) is 3. The third-order valence-electron chi connectivity index (χ3n) is 6.30. The number of nitrogens with two attached hydrogens (primary N) is 1. The Labute approximate surface area is 189 Å². The Bertz CT molecular complexity index is 956. The van der Waals surface area contributed by atoms with Crippen LogP contribution in [0, 0.1) is 5.41 Å². The second-order valence-corrected chi connectivity index (χ2v) is 8.63. The first-order chi connectivity index (χ1) is 15.5. The number of aliphatic hydroxyl groups is 1. The number of benzene rings is 2. The van der Waals surface area contributed by atoms with Crippen LogP contribution in [0.3, 0.4) is 0 Å².